The average molecular weight is 285 g/mol. The molecule has 1 heterocycles. The summed E-state index contributed by atoms with van der Waals surface area (Å²) in [4.78, 5) is 11.9. The fraction of sp³-hybridized carbons (Fsp3) is 0.375. The van der Waals surface area contributed by atoms with Gasteiger partial charge in [-0.2, -0.15) is 5.10 Å². The molecule has 1 saturated carbocycles. The zero-order valence-corrected chi connectivity index (χ0v) is 11.9. The molecule has 3 rings (SSSR count). The first-order valence-electron chi connectivity index (χ1n) is 7.23. The maximum absolute atomic E-state index is 11.9. The van der Waals surface area contributed by atoms with Crippen molar-refractivity contribution < 1.29 is 4.74 Å². The first-order chi connectivity index (χ1) is 10.2. The minimum atomic E-state index is -0.234. The molecule has 0 amide bonds. The van der Waals surface area contributed by atoms with Gasteiger partial charge in [0.25, 0.3) is 5.56 Å². The summed E-state index contributed by atoms with van der Waals surface area (Å²) >= 11 is 0. The Morgan fingerprint density at radius 1 is 1.29 bits per heavy atom. The third-order valence-corrected chi connectivity index (χ3v) is 3.58. The van der Waals surface area contributed by atoms with Crippen LogP contribution in [0.2, 0.25) is 0 Å². The van der Waals surface area contributed by atoms with Crippen molar-refractivity contribution in [2.45, 2.75) is 31.9 Å². The highest BCUT2D eigenvalue weighted by molar-refractivity contribution is 5.37. The van der Waals surface area contributed by atoms with Crippen LogP contribution in [0, 0.1) is 0 Å². The number of anilines is 1. The second kappa shape index (κ2) is 6.10. The van der Waals surface area contributed by atoms with E-state index in [1.54, 1.807) is 6.07 Å². The van der Waals surface area contributed by atoms with Crippen LogP contribution in [0.4, 0.5) is 5.69 Å². The van der Waals surface area contributed by atoms with Crippen LogP contribution in [-0.4, -0.2) is 16.4 Å². The lowest BCUT2D eigenvalue weighted by atomic mass is 10.2. The summed E-state index contributed by atoms with van der Waals surface area (Å²) in [6.07, 6.45) is 2.27. The Labute approximate surface area is 123 Å². The van der Waals surface area contributed by atoms with Crippen LogP contribution in [0.5, 0.6) is 0 Å². The number of nitrogen functional groups attached to an aromatic ring is 1. The van der Waals surface area contributed by atoms with E-state index in [4.69, 9.17) is 10.5 Å². The zero-order valence-electron chi connectivity index (χ0n) is 11.9. The van der Waals surface area contributed by atoms with Crippen molar-refractivity contribution >= 4 is 5.69 Å². The molecule has 0 atom stereocenters. The Bertz CT molecular complexity index is 663. The average Bonchev–Trinajstić information content (AvgIpc) is 3.33. The molecule has 1 aliphatic carbocycles. The predicted molar refractivity (Wildman–Crippen MR) is 81.0 cm³/mol. The Balaban J connectivity index is 1.58. The third-order valence-electron chi connectivity index (χ3n) is 3.58. The second-order valence-electron chi connectivity index (χ2n) is 5.37. The van der Waals surface area contributed by atoms with E-state index >= 15 is 0 Å². The first kappa shape index (κ1) is 13.8. The Hall–Kier alpha value is -2.14. The van der Waals surface area contributed by atoms with Gasteiger partial charge in [0.1, 0.15) is 5.69 Å². The van der Waals surface area contributed by atoms with Crippen LogP contribution in [0.15, 0.2) is 41.2 Å². The highest BCUT2D eigenvalue weighted by Crippen LogP contribution is 2.38. The van der Waals surface area contributed by atoms with Gasteiger partial charge in [0, 0.05) is 5.92 Å². The number of aromatic nitrogens is 2. The third kappa shape index (κ3) is 3.49. The Kier molecular flexibility index (Phi) is 4.01. The van der Waals surface area contributed by atoms with Gasteiger partial charge in [-0.25, -0.2) is 4.68 Å². The van der Waals surface area contributed by atoms with Crippen molar-refractivity contribution in [1.29, 1.82) is 0 Å². The summed E-state index contributed by atoms with van der Waals surface area (Å²) in [6, 6.07) is 11.7. The number of hydrogen-bond donors (Lipinski definition) is 1. The summed E-state index contributed by atoms with van der Waals surface area (Å²) in [5, 5.41) is 4.38. The van der Waals surface area contributed by atoms with Gasteiger partial charge in [-0.1, -0.05) is 30.3 Å². The van der Waals surface area contributed by atoms with E-state index in [9.17, 15) is 4.79 Å². The molecule has 0 radical (unpaired) electrons. The van der Waals surface area contributed by atoms with Gasteiger partial charge in [0.15, 0.2) is 0 Å². The van der Waals surface area contributed by atoms with E-state index < -0.39 is 0 Å². The summed E-state index contributed by atoms with van der Waals surface area (Å²) in [7, 11) is 0. The van der Waals surface area contributed by atoms with Crippen molar-refractivity contribution in [3.63, 3.8) is 0 Å². The van der Waals surface area contributed by atoms with Crippen LogP contribution >= 0.6 is 0 Å². The monoisotopic (exact) mass is 285 g/mol. The molecule has 1 aliphatic rings. The number of nitrogens with zero attached hydrogens (tertiary/aromatic N) is 2. The summed E-state index contributed by atoms with van der Waals surface area (Å²) in [6.45, 7) is 1.40. The highest BCUT2D eigenvalue weighted by Gasteiger charge is 2.26. The zero-order chi connectivity index (χ0) is 14.7. The van der Waals surface area contributed by atoms with Crippen LogP contribution in [0.1, 0.15) is 30.0 Å². The van der Waals surface area contributed by atoms with Crippen molar-refractivity contribution in [2.75, 3.05) is 12.3 Å². The Morgan fingerprint density at radius 2 is 2.05 bits per heavy atom. The van der Waals surface area contributed by atoms with Gasteiger partial charge < -0.3 is 10.5 Å². The molecule has 1 aromatic carbocycles. The molecule has 5 heteroatoms. The molecule has 1 fully saturated rings. The molecule has 0 unspecified atom stereocenters. The van der Waals surface area contributed by atoms with Crippen molar-refractivity contribution in [2.24, 2.45) is 0 Å². The number of nitrogens with two attached hydrogens (primary N) is 1. The minimum absolute atomic E-state index is 0.234. The van der Waals surface area contributed by atoms with Crippen LogP contribution < -0.4 is 11.3 Å². The fourth-order valence-electron chi connectivity index (χ4n) is 2.23. The number of ether oxygens (including phenoxy) is 1. The summed E-state index contributed by atoms with van der Waals surface area (Å²) < 4.78 is 7.02. The number of hydrogen-bond acceptors (Lipinski definition) is 4. The van der Waals surface area contributed by atoms with Gasteiger partial charge >= 0.3 is 0 Å². The lowest BCUT2D eigenvalue weighted by Crippen LogP contribution is -2.28. The molecular formula is C16H19N3O2. The number of benzene rings is 1. The Morgan fingerprint density at radius 3 is 2.76 bits per heavy atom. The molecule has 110 valence electrons. The first-order valence-corrected chi connectivity index (χ1v) is 7.23. The summed E-state index contributed by atoms with van der Waals surface area (Å²) in [5.41, 5.74) is 7.85. The topological polar surface area (TPSA) is 70.1 Å². The molecule has 21 heavy (non-hydrogen) atoms. The van der Waals surface area contributed by atoms with Gasteiger partial charge in [-0.15, -0.1) is 0 Å². The lowest BCUT2D eigenvalue weighted by molar-refractivity contribution is 0.109. The molecule has 5 nitrogen and oxygen atoms in total. The second-order valence-corrected chi connectivity index (χ2v) is 5.37. The van der Waals surface area contributed by atoms with E-state index in [1.165, 1.54) is 4.68 Å². The molecule has 0 bridgehead atoms. The van der Waals surface area contributed by atoms with Crippen LogP contribution in [0.25, 0.3) is 0 Å². The minimum Gasteiger partial charge on any atom is -0.394 e. The van der Waals surface area contributed by atoms with E-state index in [0.717, 1.165) is 24.1 Å². The van der Waals surface area contributed by atoms with Gasteiger partial charge in [-0.05, 0) is 24.5 Å². The molecule has 0 aliphatic heterocycles. The normalized spacial score (nSPS) is 14.3. The van der Waals surface area contributed by atoms with Crippen molar-refractivity contribution in [1.82, 2.24) is 9.78 Å². The largest absolute Gasteiger partial charge is 0.394 e. The van der Waals surface area contributed by atoms with E-state index in [2.05, 4.69) is 5.10 Å². The SMILES string of the molecule is Nc1cc(C2CC2)nn(CCOCc2ccccc2)c1=O. The summed E-state index contributed by atoms with van der Waals surface area (Å²) in [5.74, 6) is 0.476. The van der Waals surface area contributed by atoms with Crippen molar-refractivity contribution in [3.8, 4) is 0 Å². The maximum Gasteiger partial charge on any atom is 0.289 e. The maximum atomic E-state index is 11.9. The van der Waals surface area contributed by atoms with E-state index in [0.29, 0.717) is 25.7 Å². The molecular weight excluding hydrogens is 266 g/mol. The highest BCUT2D eigenvalue weighted by atomic mass is 16.5. The molecule has 0 spiro atoms. The fourth-order valence-corrected chi connectivity index (χ4v) is 2.23. The molecule has 2 N–H and O–H groups in total. The quantitative estimate of drug-likeness (QED) is 0.823. The molecule has 0 saturated heterocycles. The van der Waals surface area contributed by atoms with E-state index in [-0.39, 0.29) is 11.2 Å². The number of rotatable bonds is 6. The van der Waals surface area contributed by atoms with Crippen LogP contribution in [-0.2, 0) is 17.9 Å². The van der Waals surface area contributed by atoms with Gasteiger partial charge in [0.05, 0.1) is 25.5 Å². The smallest absolute Gasteiger partial charge is 0.289 e. The van der Waals surface area contributed by atoms with Crippen molar-refractivity contribution in [3.05, 3.63) is 58.0 Å². The van der Waals surface area contributed by atoms with Gasteiger partial charge in [-0.3, -0.25) is 4.79 Å². The molecule has 2 aromatic rings. The van der Waals surface area contributed by atoms with Crippen LogP contribution in [0.3, 0.4) is 0 Å². The molecule has 1 aromatic heterocycles. The standard InChI is InChI=1S/C16H19N3O2/c17-14-10-15(13-6-7-13)18-19(16(14)20)8-9-21-11-12-4-2-1-3-5-12/h1-5,10,13H,6-9,11,17H2. The predicted octanol–water partition coefficient (Wildman–Crippen LogP) is 1.92. The lowest BCUT2D eigenvalue weighted by Gasteiger charge is -2.09. The van der Waals surface area contributed by atoms with E-state index in [1.807, 2.05) is 30.3 Å². The van der Waals surface area contributed by atoms with Gasteiger partial charge in [0.2, 0.25) is 0 Å².